The molecule has 0 saturated heterocycles. The summed E-state index contributed by atoms with van der Waals surface area (Å²) in [4.78, 5) is 12.4. The van der Waals surface area contributed by atoms with Gasteiger partial charge < -0.3 is 0 Å². The Hall–Kier alpha value is -2.30. The zero-order valence-corrected chi connectivity index (χ0v) is 17.4. The second-order valence-electron chi connectivity index (χ2n) is 5.55. The topological polar surface area (TPSA) is 92.3 Å². The van der Waals surface area contributed by atoms with E-state index < -0.39 is 15.9 Å². The van der Waals surface area contributed by atoms with Crippen LogP contribution in [0, 0.1) is 0 Å². The van der Waals surface area contributed by atoms with Crippen LogP contribution in [0.15, 0.2) is 59.1 Å². The maximum absolute atomic E-state index is 12.4. The predicted molar refractivity (Wildman–Crippen MR) is 110 cm³/mol. The smallest absolute Gasteiger partial charge is 0.246 e. The molecule has 2 aromatic carbocycles. The number of hydrogen-bond acceptors (Lipinski definition) is 6. The van der Waals surface area contributed by atoms with Crippen molar-refractivity contribution in [3.63, 3.8) is 0 Å². The highest BCUT2D eigenvalue weighted by Crippen LogP contribution is 2.28. The third kappa shape index (κ3) is 4.90. The fraction of sp³-hybridized carbons (Fsp3) is 0.118. The normalized spacial score (nSPS) is 11.2. The largest absolute Gasteiger partial charge is 0.299 e. The number of anilines is 2. The molecule has 1 heterocycles. The van der Waals surface area contributed by atoms with E-state index in [-0.39, 0.29) is 6.54 Å². The van der Waals surface area contributed by atoms with E-state index in [1.807, 2.05) is 30.3 Å². The van der Waals surface area contributed by atoms with Crippen LogP contribution in [0.5, 0.6) is 0 Å². The van der Waals surface area contributed by atoms with E-state index in [2.05, 4.69) is 31.4 Å². The lowest BCUT2D eigenvalue weighted by molar-refractivity contribution is -0.114. The van der Waals surface area contributed by atoms with Crippen LogP contribution in [0.25, 0.3) is 10.6 Å². The molecule has 0 bridgehead atoms. The van der Waals surface area contributed by atoms with Gasteiger partial charge in [0.05, 0.1) is 11.9 Å². The summed E-state index contributed by atoms with van der Waals surface area (Å²) in [6.45, 7) is -0.373. The summed E-state index contributed by atoms with van der Waals surface area (Å²) < 4.78 is 25.9. The third-order valence-electron chi connectivity index (χ3n) is 3.50. The zero-order chi connectivity index (χ0) is 19.4. The molecule has 27 heavy (non-hydrogen) atoms. The maximum Gasteiger partial charge on any atom is 0.246 e. The highest BCUT2D eigenvalue weighted by atomic mass is 79.9. The van der Waals surface area contributed by atoms with Gasteiger partial charge in [-0.15, -0.1) is 10.2 Å². The van der Waals surface area contributed by atoms with Crippen molar-refractivity contribution in [3.05, 3.63) is 59.1 Å². The number of nitrogens with zero attached hydrogens (tertiary/aromatic N) is 3. The van der Waals surface area contributed by atoms with Crippen LogP contribution < -0.4 is 9.62 Å². The van der Waals surface area contributed by atoms with E-state index in [4.69, 9.17) is 0 Å². The zero-order valence-electron chi connectivity index (χ0n) is 14.2. The van der Waals surface area contributed by atoms with Crippen molar-refractivity contribution >= 4 is 54.0 Å². The molecule has 0 radical (unpaired) electrons. The first-order valence-electron chi connectivity index (χ1n) is 7.75. The number of para-hydroxylation sites is 1. The fourth-order valence-electron chi connectivity index (χ4n) is 2.30. The number of halogens is 1. The summed E-state index contributed by atoms with van der Waals surface area (Å²) in [5.41, 5.74) is 1.28. The Bertz CT molecular complexity index is 1050. The first-order valence-corrected chi connectivity index (χ1v) is 11.2. The molecule has 0 aliphatic heterocycles. The Morgan fingerprint density at radius 1 is 1.11 bits per heavy atom. The molecule has 0 fully saturated rings. The average Bonchev–Trinajstić information content (AvgIpc) is 3.09. The minimum absolute atomic E-state index is 0.305. The van der Waals surface area contributed by atoms with E-state index in [0.717, 1.165) is 16.1 Å². The predicted octanol–water partition coefficient (Wildman–Crippen LogP) is 3.37. The molecule has 3 aromatic rings. The van der Waals surface area contributed by atoms with Gasteiger partial charge in [-0.2, -0.15) is 0 Å². The number of carbonyl (C=O) groups excluding carboxylic acids is 1. The third-order valence-corrected chi connectivity index (χ3v) is 6.19. The number of carbonyl (C=O) groups is 1. The summed E-state index contributed by atoms with van der Waals surface area (Å²) >= 11 is 4.53. The Balaban J connectivity index is 1.76. The van der Waals surface area contributed by atoms with Gasteiger partial charge in [-0.1, -0.05) is 53.8 Å². The van der Waals surface area contributed by atoms with Crippen LogP contribution >= 0.6 is 27.3 Å². The first-order chi connectivity index (χ1) is 12.8. The maximum atomic E-state index is 12.4. The Kier molecular flexibility index (Phi) is 5.88. The van der Waals surface area contributed by atoms with Crippen LogP contribution in [0.3, 0.4) is 0 Å². The van der Waals surface area contributed by atoms with Crippen LogP contribution in [0.2, 0.25) is 0 Å². The van der Waals surface area contributed by atoms with E-state index in [1.165, 1.54) is 11.3 Å². The molecule has 7 nitrogen and oxygen atoms in total. The van der Waals surface area contributed by atoms with Crippen LogP contribution in [-0.2, 0) is 14.8 Å². The minimum Gasteiger partial charge on any atom is -0.299 e. The van der Waals surface area contributed by atoms with Crippen LogP contribution in [-0.4, -0.2) is 37.3 Å². The second-order valence-corrected chi connectivity index (χ2v) is 9.29. The highest BCUT2D eigenvalue weighted by molar-refractivity contribution is 9.10. The number of aromatic nitrogens is 2. The molecule has 1 N–H and O–H groups in total. The molecule has 0 spiro atoms. The molecule has 0 aliphatic carbocycles. The van der Waals surface area contributed by atoms with Crippen molar-refractivity contribution in [1.82, 2.24) is 10.2 Å². The van der Waals surface area contributed by atoms with Crippen molar-refractivity contribution in [2.75, 3.05) is 22.4 Å². The van der Waals surface area contributed by atoms with E-state index in [9.17, 15) is 13.2 Å². The molecule has 3 rings (SSSR count). The Labute approximate surface area is 169 Å². The lowest BCUT2D eigenvalue weighted by Crippen LogP contribution is -2.37. The molecule has 1 amide bonds. The van der Waals surface area contributed by atoms with Crippen molar-refractivity contribution in [2.24, 2.45) is 0 Å². The number of sulfonamides is 1. The quantitative estimate of drug-likeness (QED) is 0.600. The molecular formula is C17H15BrN4O3S2. The van der Waals surface area contributed by atoms with E-state index in [1.54, 1.807) is 24.3 Å². The van der Waals surface area contributed by atoms with Gasteiger partial charge in [-0.3, -0.25) is 14.4 Å². The summed E-state index contributed by atoms with van der Waals surface area (Å²) in [5, 5.41) is 11.6. The molecule has 0 unspecified atom stereocenters. The van der Waals surface area contributed by atoms with E-state index in [0.29, 0.717) is 20.3 Å². The van der Waals surface area contributed by atoms with E-state index >= 15 is 0 Å². The van der Waals surface area contributed by atoms with Gasteiger partial charge in [-0.05, 0) is 28.1 Å². The summed E-state index contributed by atoms with van der Waals surface area (Å²) in [7, 11) is -3.66. The molecule has 10 heteroatoms. The van der Waals surface area contributed by atoms with Crippen molar-refractivity contribution in [1.29, 1.82) is 0 Å². The molecule has 0 saturated carbocycles. The number of amides is 1. The standard InChI is InChI=1S/C17H15BrN4O3S2/c1-27(24,25)22(14-10-6-5-9-13(14)18)11-15(23)19-17-21-20-16(26-17)12-7-3-2-4-8-12/h2-10H,11H2,1H3,(H,19,21,23). The monoisotopic (exact) mass is 466 g/mol. The number of rotatable bonds is 6. The van der Waals surface area contributed by atoms with Crippen LogP contribution in [0.1, 0.15) is 0 Å². The number of nitrogens with one attached hydrogen (secondary N) is 1. The summed E-state index contributed by atoms with van der Waals surface area (Å²) in [5.74, 6) is -0.507. The number of hydrogen-bond donors (Lipinski definition) is 1. The minimum atomic E-state index is -3.66. The van der Waals surface area contributed by atoms with Crippen molar-refractivity contribution in [3.8, 4) is 10.6 Å². The molecule has 140 valence electrons. The molecular weight excluding hydrogens is 452 g/mol. The summed E-state index contributed by atoms with van der Waals surface area (Å²) in [6.07, 6.45) is 1.05. The summed E-state index contributed by atoms with van der Waals surface area (Å²) in [6, 6.07) is 16.3. The lowest BCUT2D eigenvalue weighted by Gasteiger charge is -2.22. The highest BCUT2D eigenvalue weighted by Gasteiger charge is 2.23. The SMILES string of the molecule is CS(=O)(=O)N(CC(=O)Nc1nnc(-c2ccccc2)s1)c1ccccc1Br. The average molecular weight is 467 g/mol. The molecule has 1 aromatic heterocycles. The van der Waals surface area contributed by atoms with Gasteiger partial charge in [0.25, 0.3) is 0 Å². The van der Waals surface area contributed by atoms with Gasteiger partial charge in [0, 0.05) is 10.0 Å². The fourth-order valence-corrected chi connectivity index (χ4v) is 4.55. The van der Waals surface area contributed by atoms with Crippen molar-refractivity contribution < 1.29 is 13.2 Å². The van der Waals surface area contributed by atoms with Gasteiger partial charge in [-0.25, -0.2) is 8.42 Å². The Morgan fingerprint density at radius 2 is 1.78 bits per heavy atom. The van der Waals surface area contributed by atoms with Gasteiger partial charge >= 0.3 is 0 Å². The lowest BCUT2D eigenvalue weighted by atomic mass is 10.2. The van der Waals surface area contributed by atoms with Gasteiger partial charge in [0.2, 0.25) is 21.1 Å². The van der Waals surface area contributed by atoms with Gasteiger partial charge in [0.15, 0.2) is 0 Å². The Morgan fingerprint density at radius 3 is 2.44 bits per heavy atom. The molecule has 0 atom stereocenters. The van der Waals surface area contributed by atoms with Crippen molar-refractivity contribution in [2.45, 2.75) is 0 Å². The van der Waals surface area contributed by atoms with Crippen LogP contribution in [0.4, 0.5) is 10.8 Å². The van der Waals surface area contributed by atoms with Gasteiger partial charge in [0.1, 0.15) is 11.6 Å². The second kappa shape index (κ2) is 8.15. The first kappa shape index (κ1) is 19.5. The number of benzene rings is 2. The molecule has 0 aliphatic rings.